The molecule has 2 N–H and O–H groups in total. The van der Waals surface area contributed by atoms with Crippen LogP contribution in [0, 0.1) is 0 Å². The van der Waals surface area contributed by atoms with Crippen molar-refractivity contribution in [2.75, 3.05) is 6.54 Å². The topological polar surface area (TPSA) is 59.0 Å². The maximum Gasteiger partial charge on any atom is 0.222 e. The van der Waals surface area contributed by atoms with Crippen LogP contribution in [0.25, 0.3) is 0 Å². The van der Waals surface area contributed by atoms with E-state index in [1.807, 2.05) is 12.3 Å². The highest BCUT2D eigenvalue weighted by molar-refractivity contribution is 5.85. The molecule has 7 heteroatoms. The summed E-state index contributed by atoms with van der Waals surface area (Å²) in [6, 6.07) is 2.70. The number of aryl methyl sites for hydroxylation is 1. The van der Waals surface area contributed by atoms with E-state index in [9.17, 15) is 4.79 Å². The van der Waals surface area contributed by atoms with Gasteiger partial charge in [0.25, 0.3) is 0 Å². The maximum absolute atomic E-state index is 11.7. The predicted octanol–water partition coefficient (Wildman–Crippen LogP) is 1.37. The smallest absolute Gasteiger partial charge is 0.222 e. The Labute approximate surface area is 126 Å². The third-order valence-corrected chi connectivity index (χ3v) is 3.12. The fraction of sp³-hybridized carbons (Fsp3) is 0.667. The first-order chi connectivity index (χ1) is 8.24. The molecule has 19 heavy (non-hydrogen) atoms. The average molecular weight is 309 g/mol. The van der Waals surface area contributed by atoms with E-state index in [1.54, 1.807) is 10.9 Å². The van der Waals surface area contributed by atoms with E-state index >= 15 is 0 Å². The first kappa shape index (κ1) is 18.2. The lowest BCUT2D eigenvalue weighted by atomic mass is 10.0. The monoisotopic (exact) mass is 308 g/mol. The zero-order chi connectivity index (χ0) is 12.1. The van der Waals surface area contributed by atoms with E-state index < -0.39 is 0 Å². The van der Waals surface area contributed by atoms with Crippen LogP contribution in [0.2, 0.25) is 0 Å². The van der Waals surface area contributed by atoms with Crippen molar-refractivity contribution in [1.82, 2.24) is 20.4 Å². The van der Waals surface area contributed by atoms with Crippen LogP contribution in [0.3, 0.4) is 0 Å². The second-order valence-electron chi connectivity index (χ2n) is 4.66. The zero-order valence-corrected chi connectivity index (χ0v) is 12.7. The molecule has 110 valence electrons. The number of halogens is 2. The van der Waals surface area contributed by atoms with Crippen LogP contribution in [0.4, 0.5) is 0 Å². The first-order valence-corrected chi connectivity index (χ1v) is 6.24. The van der Waals surface area contributed by atoms with Crippen molar-refractivity contribution in [2.24, 2.45) is 0 Å². The molecule has 0 saturated carbocycles. The van der Waals surface area contributed by atoms with Crippen LogP contribution < -0.4 is 10.6 Å². The fourth-order valence-corrected chi connectivity index (χ4v) is 2.21. The van der Waals surface area contributed by atoms with Gasteiger partial charge in [-0.25, -0.2) is 0 Å². The number of carbonyl (C=O) groups is 1. The van der Waals surface area contributed by atoms with Gasteiger partial charge in [-0.1, -0.05) is 0 Å². The molecule has 1 amide bonds. The highest BCUT2D eigenvalue weighted by Crippen LogP contribution is 2.08. The largest absolute Gasteiger partial charge is 0.353 e. The van der Waals surface area contributed by atoms with Crippen molar-refractivity contribution >= 4 is 30.7 Å². The molecule has 0 aliphatic carbocycles. The maximum atomic E-state index is 11.7. The lowest BCUT2D eigenvalue weighted by Crippen LogP contribution is -2.46. The molecule has 1 fully saturated rings. The van der Waals surface area contributed by atoms with Crippen LogP contribution in [-0.4, -0.2) is 34.3 Å². The number of carbonyl (C=O) groups excluding carboxylic acids is 1. The molecule has 2 heterocycles. The molecule has 1 aromatic heterocycles. The molecule has 2 rings (SSSR count). The van der Waals surface area contributed by atoms with E-state index in [-0.39, 0.29) is 30.7 Å². The highest BCUT2D eigenvalue weighted by Gasteiger charge is 2.19. The van der Waals surface area contributed by atoms with Crippen molar-refractivity contribution in [2.45, 2.75) is 44.8 Å². The van der Waals surface area contributed by atoms with Gasteiger partial charge in [0.1, 0.15) is 0 Å². The van der Waals surface area contributed by atoms with Crippen molar-refractivity contribution < 1.29 is 4.79 Å². The molecule has 2 atom stereocenters. The summed E-state index contributed by atoms with van der Waals surface area (Å²) in [6.45, 7) is 3.80. The molecule has 1 aliphatic rings. The highest BCUT2D eigenvalue weighted by atomic mass is 35.5. The van der Waals surface area contributed by atoms with Crippen molar-refractivity contribution in [3.63, 3.8) is 0 Å². The fourth-order valence-electron chi connectivity index (χ4n) is 2.21. The zero-order valence-electron chi connectivity index (χ0n) is 11.0. The normalized spacial score (nSPS) is 21.9. The van der Waals surface area contributed by atoms with E-state index in [4.69, 9.17) is 0 Å². The van der Waals surface area contributed by atoms with Gasteiger partial charge in [-0.3, -0.25) is 9.48 Å². The molecule has 5 nitrogen and oxygen atoms in total. The van der Waals surface area contributed by atoms with Gasteiger partial charge >= 0.3 is 0 Å². The Kier molecular flexibility index (Phi) is 8.80. The van der Waals surface area contributed by atoms with E-state index in [2.05, 4.69) is 22.7 Å². The van der Waals surface area contributed by atoms with Gasteiger partial charge < -0.3 is 10.6 Å². The number of nitrogens with one attached hydrogen (secondary N) is 2. The molecule has 1 aliphatic heterocycles. The van der Waals surface area contributed by atoms with E-state index in [0.717, 1.165) is 19.4 Å². The quantitative estimate of drug-likeness (QED) is 0.883. The van der Waals surface area contributed by atoms with Gasteiger partial charge in [-0.05, 0) is 32.4 Å². The van der Waals surface area contributed by atoms with Crippen LogP contribution in [0.5, 0.6) is 0 Å². The SMILES string of the molecule is CC1CC(NC(=O)CCn2cccn2)CCN1.Cl.Cl. The summed E-state index contributed by atoms with van der Waals surface area (Å²) < 4.78 is 1.78. The third kappa shape index (κ3) is 6.27. The van der Waals surface area contributed by atoms with Gasteiger partial charge in [0, 0.05) is 37.4 Å². The van der Waals surface area contributed by atoms with Gasteiger partial charge in [0.05, 0.1) is 0 Å². The number of amides is 1. The third-order valence-electron chi connectivity index (χ3n) is 3.12. The Morgan fingerprint density at radius 2 is 2.32 bits per heavy atom. The van der Waals surface area contributed by atoms with Crippen molar-refractivity contribution in [3.05, 3.63) is 18.5 Å². The summed E-state index contributed by atoms with van der Waals surface area (Å²) in [6.07, 6.45) is 6.15. The van der Waals surface area contributed by atoms with Gasteiger partial charge in [-0.2, -0.15) is 5.10 Å². The average Bonchev–Trinajstić information content (AvgIpc) is 2.79. The predicted molar refractivity (Wildman–Crippen MR) is 80.0 cm³/mol. The first-order valence-electron chi connectivity index (χ1n) is 6.24. The Morgan fingerprint density at radius 1 is 1.53 bits per heavy atom. The van der Waals surface area contributed by atoms with Crippen molar-refractivity contribution in [3.8, 4) is 0 Å². The summed E-state index contributed by atoms with van der Waals surface area (Å²) in [5.41, 5.74) is 0. The minimum atomic E-state index is 0. The molecular weight excluding hydrogens is 287 g/mol. The molecule has 2 unspecified atom stereocenters. The molecule has 1 aromatic rings. The lowest BCUT2D eigenvalue weighted by molar-refractivity contribution is -0.122. The summed E-state index contributed by atoms with van der Waals surface area (Å²) in [5, 5.41) is 10.5. The van der Waals surface area contributed by atoms with Gasteiger partial charge in [0.2, 0.25) is 5.91 Å². The Balaban J connectivity index is 0.00000162. The molecule has 0 radical (unpaired) electrons. The summed E-state index contributed by atoms with van der Waals surface area (Å²) in [5.74, 6) is 0.125. The number of aromatic nitrogens is 2. The van der Waals surface area contributed by atoms with Crippen molar-refractivity contribution in [1.29, 1.82) is 0 Å². The Hall–Kier alpha value is -0.780. The minimum Gasteiger partial charge on any atom is -0.353 e. The second kappa shape index (κ2) is 9.18. The lowest BCUT2D eigenvalue weighted by Gasteiger charge is -2.28. The summed E-state index contributed by atoms with van der Waals surface area (Å²) in [4.78, 5) is 11.7. The molecule has 0 aromatic carbocycles. The number of piperidine rings is 1. The molecule has 0 bridgehead atoms. The number of nitrogens with zero attached hydrogens (tertiary/aromatic N) is 2. The second-order valence-corrected chi connectivity index (χ2v) is 4.66. The number of hydrogen-bond acceptors (Lipinski definition) is 3. The molecule has 0 spiro atoms. The van der Waals surface area contributed by atoms with E-state index in [1.165, 1.54) is 0 Å². The van der Waals surface area contributed by atoms with Gasteiger partial charge in [-0.15, -0.1) is 24.8 Å². The van der Waals surface area contributed by atoms with Gasteiger partial charge in [0.15, 0.2) is 0 Å². The van der Waals surface area contributed by atoms with Crippen LogP contribution >= 0.6 is 24.8 Å². The number of hydrogen-bond donors (Lipinski definition) is 2. The van der Waals surface area contributed by atoms with E-state index in [0.29, 0.717) is 25.0 Å². The van der Waals surface area contributed by atoms with Crippen LogP contribution in [0.15, 0.2) is 18.5 Å². The molecule has 1 saturated heterocycles. The summed E-state index contributed by atoms with van der Waals surface area (Å²) in [7, 11) is 0. The standard InChI is InChI=1S/C12H20N4O.2ClH/c1-10-9-11(3-6-13-10)15-12(17)4-8-16-7-2-5-14-16;;/h2,5,7,10-11,13H,3-4,6,8-9H2,1H3,(H,15,17);2*1H. The Bertz CT molecular complexity index is 359. The summed E-state index contributed by atoms with van der Waals surface area (Å²) >= 11 is 0. The van der Waals surface area contributed by atoms with Crippen LogP contribution in [-0.2, 0) is 11.3 Å². The van der Waals surface area contributed by atoms with Crippen LogP contribution in [0.1, 0.15) is 26.2 Å². The number of rotatable bonds is 4. The molecular formula is C12H22Cl2N4O. The minimum absolute atomic E-state index is 0. The Morgan fingerprint density at radius 3 is 2.95 bits per heavy atom.